The van der Waals surface area contributed by atoms with Gasteiger partial charge in [-0.25, -0.2) is 9.50 Å². The van der Waals surface area contributed by atoms with Crippen molar-refractivity contribution in [2.24, 2.45) is 0 Å². The molecule has 1 unspecified atom stereocenters. The van der Waals surface area contributed by atoms with E-state index in [-0.39, 0.29) is 11.9 Å². The molecule has 0 amide bonds. The lowest BCUT2D eigenvalue weighted by atomic mass is 10.00. The monoisotopic (exact) mass is 419 g/mol. The second-order valence-corrected chi connectivity index (χ2v) is 7.93. The number of nitrogens with zero attached hydrogens (tertiary/aromatic N) is 5. The number of hydrogen-bond donors (Lipinski definition) is 1. The molecule has 1 N–H and O–H groups in total. The summed E-state index contributed by atoms with van der Waals surface area (Å²) >= 11 is 0. The lowest BCUT2D eigenvalue weighted by Gasteiger charge is -2.18. The maximum absolute atomic E-state index is 10.4. The van der Waals surface area contributed by atoms with Crippen LogP contribution in [0.4, 0.5) is 0 Å². The van der Waals surface area contributed by atoms with Crippen molar-refractivity contribution in [1.82, 2.24) is 24.5 Å². The Balaban J connectivity index is 1.50. The van der Waals surface area contributed by atoms with E-state index in [9.17, 15) is 5.11 Å². The fourth-order valence-corrected chi connectivity index (χ4v) is 4.31. The molecule has 1 saturated heterocycles. The van der Waals surface area contributed by atoms with Gasteiger partial charge in [0.2, 0.25) is 5.65 Å². The van der Waals surface area contributed by atoms with Crippen molar-refractivity contribution in [3.05, 3.63) is 53.9 Å². The highest BCUT2D eigenvalue weighted by Crippen LogP contribution is 2.31. The predicted octanol–water partition coefficient (Wildman–Crippen LogP) is 3.06. The fraction of sp³-hybridized carbons (Fsp3) is 0.348. The minimum atomic E-state index is -0.194. The number of aromatic nitrogens is 4. The highest BCUT2D eigenvalue weighted by molar-refractivity contribution is 5.88. The number of hydrogen-bond acceptors (Lipinski definition) is 7. The minimum Gasteiger partial charge on any atom is -0.496 e. The third-order valence-electron chi connectivity index (χ3n) is 6.05. The first-order valence-corrected chi connectivity index (χ1v) is 10.5. The number of imidazole rings is 1. The number of aromatic hydroxyl groups is 1. The van der Waals surface area contributed by atoms with E-state index in [4.69, 9.17) is 9.47 Å². The quantitative estimate of drug-likeness (QED) is 0.514. The van der Waals surface area contributed by atoms with Gasteiger partial charge >= 0.3 is 6.01 Å². The van der Waals surface area contributed by atoms with Crippen LogP contribution < -0.4 is 9.47 Å². The second kappa shape index (κ2) is 8.03. The number of likely N-dealkylation sites (tertiary alicyclic amines) is 1. The molecule has 160 valence electrons. The summed E-state index contributed by atoms with van der Waals surface area (Å²) in [6.45, 7) is 1.56. The summed E-state index contributed by atoms with van der Waals surface area (Å²) in [5, 5.41) is 17.2. The van der Waals surface area contributed by atoms with E-state index in [1.54, 1.807) is 17.8 Å². The molecule has 1 aliphatic heterocycles. The Labute approximate surface area is 180 Å². The van der Waals surface area contributed by atoms with Gasteiger partial charge < -0.3 is 19.5 Å². The molecule has 3 heterocycles. The van der Waals surface area contributed by atoms with Gasteiger partial charge in [-0.1, -0.05) is 30.3 Å². The number of likely N-dealkylation sites (N-methyl/N-ethyl adjacent to an activating group) is 1. The van der Waals surface area contributed by atoms with Crippen LogP contribution in [0.3, 0.4) is 0 Å². The molecule has 2 aromatic carbocycles. The van der Waals surface area contributed by atoms with E-state index in [1.807, 2.05) is 24.3 Å². The average Bonchev–Trinajstić information content (AvgIpc) is 3.38. The molecular weight excluding hydrogens is 394 g/mol. The van der Waals surface area contributed by atoms with Crippen molar-refractivity contribution < 1.29 is 14.6 Å². The first kappa shape index (κ1) is 19.6. The van der Waals surface area contributed by atoms with E-state index >= 15 is 0 Å². The molecule has 0 aliphatic carbocycles. The molecule has 31 heavy (non-hydrogen) atoms. The summed E-state index contributed by atoms with van der Waals surface area (Å²) in [6, 6.07) is 12.7. The molecule has 5 rings (SSSR count). The van der Waals surface area contributed by atoms with E-state index in [0.29, 0.717) is 24.7 Å². The molecular formula is C23H25N5O3. The zero-order valence-corrected chi connectivity index (χ0v) is 17.7. The Morgan fingerprint density at radius 1 is 1.19 bits per heavy atom. The molecule has 1 aliphatic rings. The van der Waals surface area contributed by atoms with Gasteiger partial charge in [-0.15, -0.1) is 5.10 Å². The topological polar surface area (TPSA) is 85.0 Å². The van der Waals surface area contributed by atoms with E-state index in [2.05, 4.69) is 39.1 Å². The smallest absolute Gasteiger partial charge is 0.337 e. The first-order chi connectivity index (χ1) is 15.1. The van der Waals surface area contributed by atoms with Gasteiger partial charge in [0.15, 0.2) is 0 Å². The zero-order chi connectivity index (χ0) is 21.4. The normalized spacial score (nSPS) is 16.9. The lowest BCUT2D eigenvalue weighted by molar-refractivity contribution is 0.184. The Morgan fingerprint density at radius 2 is 2.06 bits per heavy atom. The van der Waals surface area contributed by atoms with Crippen LogP contribution in [0.15, 0.2) is 42.6 Å². The van der Waals surface area contributed by atoms with Gasteiger partial charge in [-0.3, -0.25) is 0 Å². The van der Waals surface area contributed by atoms with Crippen molar-refractivity contribution in [3.63, 3.8) is 0 Å². The molecule has 1 atom stereocenters. The summed E-state index contributed by atoms with van der Waals surface area (Å²) in [5.74, 6) is 0.605. The van der Waals surface area contributed by atoms with Crippen molar-refractivity contribution in [2.45, 2.75) is 25.3 Å². The van der Waals surface area contributed by atoms with Crippen molar-refractivity contribution in [2.75, 3.05) is 27.3 Å². The Bertz CT molecular complexity index is 1240. The van der Waals surface area contributed by atoms with Crippen molar-refractivity contribution >= 4 is 16.4 Å². The Morgan fingerprint density at radius 3 is 2.87 bits per heavy atom. The zero-order valence-electron chi connectivity index (χ0n) is 17.7. The molecule has 0 saturated carbocycles. The summed E-state index contributed by atoms with van der Waals surface area (Å²) in [7, 11) is 3.76. The van der Waals surface area contributed by atoms with Crippen molar-refractivity contribution in [1.29, 1.82) is 0 Å². The lowest BCUT2D eigenvalue weighted by Crippen LogP contribution is -2.31. The van der Waals surface area contributed by atoms with Gasteiger partial charge in [-0.2, -0.15) is 4.98 Å². The molecule has 8 nitrogen and oxygen atoms in total. The maximum Gasteiger partial charge on any atom is 0.337 e. The highest BCUT2D eigenvalue weighted by Gasteiger charge is 2.22. The second-order valence-electron chi connectivity index (χ2n) is 7.93. The van der Waals surface area contributed by atoms with Crippen LogP contribution in [-0.4, -0.2) is 62.9 Å². The van der Waals surface area contributed by atoms with Gasteiger partial charge in [0, 0.05) is 18.0 Å². The van der Waals surface area contributed by atoms with Gasteiger partial charge in [-0.05, 0) is 43.3 Å². The van der Waals surface area contributed by atoms with Crippen LogP contribution in [0.25, 0.3) is 16.4 Å². The Kier molecular flexibility index (Phi) is 5.07. The number of rotatable bonds is 6. The Hall–Kier alpha value is -3.39. The van der Waals surface area contributed by atoms with E-state index < -0.39 is 0 Å². The van der Waals surface area contributed by atoms with Crippen LogP contribution >= 0.6 is 0 Å². The minimum absolute atomic E-state index is 0.148. The molecule has 0 radical (unpaired) electrons. The van der Waals surface area contributed by atoms with Crippen LogP contribution in [0, 0.1) is 0 Å². The standard InChI is InChI=1S/C23H25N5O3/c1-27-11-5-7-16(27)14-31-23-25-22(29)21-24-13-17(28(21)26-23)12-19-18-8-4-3-6-15(18)9-10-20(19)30-2/h3-4,6,8-10,13,16H,5,7,11-12,14H2,1-2H3,(H,25,26,29). The van der Waals surface area contributed by atoms with Crippen LogP contribution in [0.5, 0.6) is 17.6 Å². The molecule has 4 aromatic rings. The van der Waals surface area contributed by atoms with E-state index in [1.165, 1.54) is 0 Å². The van der Waals surface area contributed by atoms with Crippen molar-refractivity contribution in [3.8, 4) is 17.6 Å². The number of fused-ring (bicyclic) bond motifs is 2. The van der Waals surface area contributed by atoms with Gasteiger partial charge in [0.05, 0.1) is 19.0 Å². The van der Waals surface area contributed by atoms with E-state index in [0.717, 1.165) is 47.2 Å². The predicted molar refractivity (Wildman–Crippen MR) is 117 cm³/mol. The van der Waals surface area contributed by atoms with Crippen LogP contribution in [0.2, 0.25) is 0 Å². The summed E-state index contributed by atoms with van der Waals surface area (Å²) in [5.41, 5.74) is 2.15. The summed E-state index contributed by atoms with van der Waals surface area (Å²) in [6.07, 6.45) is 4.49. The van der Waals surface area contributed by atoms with Gasteiger partial charge in [0.1, 0.15) is 12.4 Å². The average molecular weight is 419 g/mol. The third-order valence-corrected chi connectivity index (χ3v) is 6.05. The van der Waals surface area contributed by atoms with Gasteiger partial charge in [0.25, 0.3) is 5.88 Å². The number of benzene rings is 2. The van der Waals surface area contributed by atoms with Crippen LogP contribution in [0.1, 0.15) is 24.1 Å². The molecule has 0 bridgehead atoms. The number of methoxy groups -OCH3 is 1. The third kappa shape index (κ3) is 3.63. The first-order valence-electron chi connectivity index (χ1n) is 10.5. The molecule has 2 aromatic heterocycles. The van der Waals surface area contributed by atoms with Crippen LogP contribution in [-0.2, 0) is 6.42 Å². The molecule has 1 fully saturated rings. The largest absolute Gasteiger partial charge is 0.496 e. The molecule has 8 heteroatoms. The highest BCUT2D eigenvalue weighted by atomic mass is 16.5. The maximum atomic E-state index is 10.4. The summed E-state index contributed by atoms with van der Waals surface area (Å²) in [4.78, 5) is 10.7. The molecule has 0 spiro atoms. The fourth-order valence-electron chi connectivity index (χ4n) is 4.31. The number of ether oxygens (including phenoxy) is 2. The SMILES string of the molecule is COc1ccc2ccccc2c1Cc1cnc2c(O)nc(OCC3CCCN3C)nn12. The summed E-state index contributed by atoms with van der Waals surface area (Å²) < 4.78 is 13.1.